The number of aliphatic carboxylic acids is 1. The molecule has 182 valence electrons. The number of unbranched alkanes of at least 4 members (excludes halogenated alkanes) is 11. The maximum absolute atomic E-state index is 12.3. The quantitative estimate of drug-likeness (QED) is 0.208. The number of hydrogen-bond acceptors (Lipinski definition) is 5. The topological polar surface area (TPSA) is 95.7 Å². The van der Waals surface area contributed by atoms with Crippen molar-refractivity contribution >= 4 is 11.8 Å². The molecule has 1 aliphatic rings. The van der Waals surface area contributed by atoms with Gasteiger partial charge in [0.15, 0.2) is 5.78 Å². The first-order valence-electron chi connectivity index (χ1n) is 12.6. The first kappa shape index (κ1) is 29.8. The van der Waals surface area contributed by atoms with Crippen LogP contribution in [0.2, 0.25) is 0 Å². The number of hydrogen-bond donors (Lipinski definition) is 3. The van der Waals surface area contributed by atoms with Gasteiger partial charge in [0, 0.05) is 39.5 Å². The van der Waals surface area contributed by atoms with Crippen molar-refractivity contribution in [2.75, 3.05) is 26.2 Å². The van der Waals surface area contributed by atoms with Gasteiger partial charge in [-0.1, -0.05) is 70.4 Å². The van der Waals surface area contributed by atoms with Crippen molar-refractivity contribution in [1.82, 2.24) is 10.2 Å². The normalized spacial score (nSPS) is 16.4. The molecule has 6 nitrogen and oxygen atoms in total. The predicted molar refractivity (Wildman–Crippen MR) is 130 cm³/mol. The van der Waals surface area contributed by atoms with Gasteiger partial charge in [-0.2, -0.15) is 0 Å². The van der Waals surface area contributed by atoms with Gasteiger partial charge in [-0.15, -0.1) is 0 Å². The Morgan fingerprint density at radius 3 is 2.03 bits per heavy atom. The third-order valence-electron chi connectivity index (χ3n) is 5.51. The molecule has 0 saturated carbocycles. The third kappa shape index (κ3) is 19.2. The molecule has 1 heterocycles. The van der Waals surface area contributed by atoms with E-state index in [-0.39, 0.29) is 6.17 Å². The Hall–Kier alpha value is -1.24. The Morgan fingerprint density at radius 2 is 1.48 bits per heavy atom. The molecular weight excluding hydrogens is 390 g/mol. The van der Waals surface area contributed by atoms with Gasteiger partial charge in [0.25, 0.3) is 5.97 Å². The number of ketones is 1. The van der Waals surface area contributed by atoms with Crippen molar-refractivity contribution in [3.05, 3.63) is 12.2 Å². The Bertz CT molecular complexity index is 465. The summed E-state index contributed by atoms with van der Waals surface area (Å²) < 4.78 is 0. The van der Waals surface area contributed by atoms with Crippen LogP contribution in [0.15, 0.2) is 12.2 Å². The van der Waals surface area contributed by atoms with Gasteiger partial charge in [0.1, 0.15) is 6.17 Å². The molecule has 1 aliphatic heterocycles. The van der Waals surface area contributed by atoms with Crippen LogP contribution >= 0.6 is 0 Å². The van der Waals surface area contributed by atoms with Crippen LogP contribution in [0.1, 0.15) is 104 Å². The van der Waals surface area contributed by atoms with Crippen molar-refractivity contribution in [3.8, 4) is 0 Å². The molecule has 0 aromatic heterocycles. The van der Waals surface area contributed by atoms with E-state index in [4.69, 9.17) is 15.6 Å². The maximum atomic E-state index is 12.3. The second kappa shape index (κ2) is 22.0. The Morgan fingerprint density at radius 1 is 0.968 bits per heavy atom. The number of carbonyl (C=O) groups excluding carboxylic acids is 1. The summed E-state index contributed by atoms with van der Waals surface area (Å²) in [6.45, 7) is 6.64. The fourth-order valence-corrected chi connectivity index (χ4v) is 3.83. The molecule has 0 aromatic rings. The van der Waals surface area contributed by atoms with Gasteiger partial charge in [0.2, 0.25) is 0 Å². The summed E-state index contributed by atoms with van der Waals surface area (Å²) in [6, 6.07) is 0. The highest BCUT2D eigenvalue weighted by atomic mass is 16.4. The monoisotopic (exact) mass is 439 g/mol. The second-order valence-electron chi connectivity index (χ2n) is 8.50. The summed E-state index contributed by atoms with van der Waals surface area (Å²) in [5, 5.41) is 10.7. The van der Waals surface area contributed by atoms with Gasteiger partial charge >= 0.3 is 0 Å². The van der Waals surface area contributed by atoms with Gasteiger partial charge in [-0.3, -0.25) is 19.8 Å². The molecule has 0 aliphatic carbocycles. The SMILES string of the molecule is CC(=O)O.CCCCCCCCC=CCCCCCCCC(=O)C1NCCN1CCN. The second-order valence-corrected chi connectivity index (χ2v) is 8.50. The van der Waals surface area contributed by atoms with E-state index >= 15 is 0 Å². The largest absolute Gasteiger partial charge is 0.481 e. The van der Waals surface area contributed by atoms with Crippen LogP contribution in [0, 0.1) is 0 Å². The lowest BCUT2D eigenvalue weighted by Crippen LogP contribution is -2.44. The molecule has 0 amide bonds. The molecule has 31 heavy (non-hydrogen) atoms. The van der Waals surface area contributed by atoms with Crippen molar-refractivity contribution in [2.45, 2.75) is 110 Å². The van der Waals surface area contributed by atoms with Crippen LogP contribution < -0.4 is 11.1 Å². The van der Waals surface area contributed by atoms with Gasteiger partial charge in [-0.05, 0) is 32.1 Å². The molecule has 0 bridgehead atoms. The van der Waals surface area contributed by atoms with Crippen LogP contribution in [0.25, 0.3) is 0 Å². The number of allylic oxidation sites excluding steroid dienone is 2. The zero-order valence-electron chi connectivity index (χ0n) is 20.2. The van der Waals surface area contributed by atoms with Crippen LogP contribution in [0.3, 0.4) is 0 Å². The number of rotatable bonds is 18. The first-order chi connectivity index (χ1) is 15.0. The predicted octanol–water partition coefficient (Wildman–Crippen LogP) is 4.87. The minimum atomic E-state index is -0.833. The maximum Gasteiger partial charge on any atom is 0.300 e. The van der Waals surface area contributed by atoms with E-state index in [1.54, 1.807) is 0 Å². The van der Waals surface area contributed by atoms with Crippen molar-refractivity contribution < 1.29 is 14.7 Å². The molecule has 4 N–H and O–H groups in total. The van der Waals surface area contributed by atoms with E-state index in [0.29, 0.717) is 18.7 Å². The van der Waals surface area contributed by atoms with E-state index in [1.165, 1.54) is 77.0 Å². The third-order valence-corrected chi connectivity index (χ3v) is 5.51. The molecule has 1 unspecified atom stereocenters. The fraction of sp³-hybridized carbons (Fsp3) is 0.840. The Labute approximate surface area is 191 Å². The summed E-state index contributed by atoms with van der Waals surface area (Å²) in [7, 11) is 0. The first-order valence-corrected chi connectivity index (χ1v) is 12.6. The lowest BCUT2D eigenvalue weighted by atomic mass is 10.1. The standard InChI is InChI=1S/C23H45N3O.C2H4O2/c1-2-3-4-5-6-7-8-9-10-11-12-13-14-15-16-17-22(27)23-25-19-21-26(23)20-18-24;1-2(3)4/h9-10,23,25H,2-8,11-21,24H2,1H3;1H3,(H,3,4). The lowest BCUT2D eigenvalue weighted by molar-refractivity contribution is -0.134. The lowest BCUT2D eigenvalue weighted by Gasteiger charge is -2.21. The highest BCUT2D eigenvalue weighted by Crippen LogP contribution is 2.12. The van der Waals surface area contributed by atoms with Crippen LogP contribution in [-0.4, -0.2) is 54.1 Å². The molecular formula is C25H49N3O3. The molecule has 6 heteroatoms. The average Bonchev–Trinajstić information content (AvgIpc) is 3.19. The molecule has 1 saturated heterocycles. The van der Waals surface area contributed by atoms with Crippen LogP contribution in [0.4, 0.5) is 0 Å². The number of nitrogens with two attached hydrogens (primary N) is 1. The minimum Gasteiger partial charge on any atom is -0.481 e. The van der Waals surface area contributed by atoms with Crippen molar-refractivity contribution in [1.29, 1.82) is 0 Å². The highest BCUT2D eigenvalue weighted by molar-refractivity contribution is 5.83. The molecule has 1 rings (SSSR count). The number of carbonyl (C=O) groups is 2. The number of Topliss-reactive ketones (excluding diaryl/α,β-unsaturated/α-hetero) is 1. The Balaban J connectivity index is 0.00000206. The van der Waals surface area contributed by atoms with E-state index in [1.807, 2.05) is 0 Å². The summed E-state index contributed by atoms with van der Waals surface area (Å²) in [5.41, 5.74) is 5.62. The molecule has 0 spiro atoms. The van der Waals surface area contributed by atoms with E-state index in [9.17, 15) is 4.79 Å². The van der Waals surface area contributed by atoms with E-state index in [2.05, 4.69) is 29.3 Å². The van der Waals surface area contributed by atoms with Gasteiger partial charge in [0.05, 0.1) is 0 Å². The van der Waals surface area contributed by atoms with E-state index in [0.717, 1.165) is 33.0 Å². The zero-order valence-corrected chi connectivity index (χ0v) is 20.2. The van der Waals surface area contributed by atoms with Crippen LogP contribution in [-0.2, 0) is 9.59 Å². The summed E-state index contributed by atoms with van der Waals surface area (Å²) in [5.74, 6) is -0.487. The van der Waals surface area contributed by atoms with Gasteiger partial charge < -0.3 is 10.8 Å². The van der Waals surface area contributed by atoms with Gasteiger partial charge in [-0.25, -0.2) is 0 Å². The summed E-state index contributed by atoms with van der Waals surface area (Å²) in [4.78, 5) is 23.5. The molecule has 1 atom stereocenters. The Kier molecular flexibility index (Phi) is 21.1. The minimum absolute atomic E-state index is 0.0784. The number of nitrogens with one attached hydrogen (secondary N) is 1. The number of carboxylic acids is 1. The van der Waals surface area contributed by atoms with Crippen molar-refractivity contribution in [3.63, 3.8) is 0 Å². The molecule has 0 aromatic carbocycles. The molecule has 0 radical (unpaired) electrons. The van der Waals surface area contributed by atoms with Crippen LogP contribution in [0.5, 0.6) is 0 Å². The zero-order chi connectivity index (χ0) is 23.2. The average molecular weight is 440 g/mol. The summed E-state index contributed by atoms with van der Waals surface area (Å²) >= 11 is 0. The smallest absolute Gasteiger partial charge is 0.300 e. The molecule has 1 fully saturated rings. The highest BCUT2D eigenvalue weighted by Gasteiger charge is 2.28. The van der Waals surface area contributed by atoms with Crippen molar-refractivity contribution in [2.24, 2.45) is 5.73 Å². The fourth-order valence-electron chi connectivity index (χ4n) is 3.83. The van der Waals surface area contributed by atoms with E-state index < -0.39 is 5.97 Å². The number of carboxylic acid groups (broad SMARTS) is 1. The summed E-state index contributed by atoms with van der Waals surface area (Å²) in [6.07, 6.45) is 22.2. The number of nitrogens with zero attached hydrogens (tertiary/aromatic N) is 1.